The van der Waals surface area contributed by atoms with Crippen LogP contribution in [-0.2, 0) is 20.4 Å². The maximum atomic E-state index is 13.1. The molecule has 0 unspecified atom stereocenters. The van der Waals surface area contributed by atoms with Crippen LogP contribution in [0.25, 0.3) is 0 Å². The Labute approximate surface area is 119 Å². The lowest BCUT2D eigenvalue weighted by Gasteiger charge is -2.22. The summed E-state index contributed by atoms with van der Waals surface area (Å²) < 4.78 is 58.7. The molecule has 1 aromatic rings. The number of carbonyl (C=O) groups excluding carboxylic acids is 1. The van der Waals surface area contributed by atoms with Crippen molar-refractivity contribution < 1.29 is 36.9 Å². The third-order valence-corrected chi connectivity index (χ3v) is 2.65. The van der Waals surface area contributed by atoms with Crippen LogP contribution in [0.15, 0.2) is 12.1 Å². The lowest BCUT2D eigenvalue weighted by Crippen LogP contribution is -2.16. The number of hydrogen-bond donors (Lipinski definition) is 0. The van der Waals surface area contributed by atoms with Crippen molar-refractivity contribution >= 4 is 6.29 Å². The van der Waals surface area contributed by atoms with Crippen LogP contribution >= 0.6 is 0 Å². The number of benzene rings is 1. The second-order valence-corrected chi connectivity index (χ2v) is 3.91. The van der Waals surface area contributed by atoms with E-state index in [1.54, 1.807) is 0 Å². The van der Waals surface area contributed by atoms with Crippen molar-refractivity contribution in [1.29, 1.82) is 0 Å². The van der Waals surface area contributed by atoms with E-state index >= 15 is 0 Å². The summed E-state index contributed by atoms with van der Waals surface area (Å²) in [6.45, 7) is -0.418. The van der Waals surface area contributed by atoms with E-state index in [0.717, 1.165) is 12.1 Å². The van der Waals surface area contributed by atoms with Gasteiger partial charge in [0.05, 0.1) is 11.1 Å². The van der Waals surface area contributed by atoms with Gasteiger partial charge in [0.25, 0.3) is 0 Å². The molecule has 0 aliphatic carbocycles. The van der Waals surface area contributed by atoms with Crippen LogP contribution in [0, 0.1) is 0 Å². The molecule has 1 rings (SSSR count). The molecule has 0 heterocycles. The van der Waals surface area contributed by atoms with Crippen LogP contribution in [0.3, 0.4) is 0 Å². The molecule has 0 atom stereocenters. The van der Waals surface area contributed by atoms with Crippen molar-refractivity contribution in [3.8, 4) is 5.75 Å². The molecule has 0 bridgehead atoms. The minimum Gasteiger partial charge on any atom is -0.466 e. The molecule has 0 spiro atoms. The minimum atomic E-state index is -4.66. The maximum Gasteiger partial charge on any atom is 0.419 e. The van der Waals surface area contributed by atoms with Gasteiger partial charge in [-0.2, -0.15) is 13.2 Å². The van der Waals surface area contributed by atoms with Crippen molar-refractivity contribution in [2.24, 2.45) is 0 Å². The Hall–Kier alpha value is -1.64. The lowest BCUT2D eigenvalue weighted by molar-refractivity contribution is -0.141. The zero-order valence-corrected chi connectivity index (χ0v) is 11.7. The summed E-state index contributed by atoms with van der Waals surface area (Å²) in [5.74, 6) is -0.553. The van der Waals surface area contributed by atoms with Crippen molar-refractivity contribution in [2.45, 2.75) is 12.5 Å². The molecule has 8 heteroatoms. The van der Waals surface area contributed by atoms with Crippen molar-refractivity contribution in [3.63, 3.8) is 0 Å². The number of halogens is 3. The number of hydrogen-bond acceptors (Lipinski definition) is 5. The van der Waals surface area contributed by atoms with E-state index in [1.807, 2.05) is 0 Å². The monoisotopic (exact) mass is 308 g/mol. The summed E-state index contributed by atoms with van der Waals surface area (Å²) in [5.41, 5.74) is -1.20. The van der Waals surface area contributed by atoms with E-state index < -0.39 is 30.6 Å². The molecule has 0 aliphatic rings. The van der Waals surface area contributed by atoms with Crippen LogP contribution in [-0.4, -0.2) is 34.4 Å². The fourth-order valence-electron chi connectivity index (χ4n) is 1.79. The first kappa shape index (κ1) is 17.4. The molecule has 0 fully saturated rings. The zero-order chi connectivity index (χ0) is 16.0. The summed E-state index contributed by atoms with van der Waals surface area (Å²) in [4.78, 5) is 11.1. The van der Waals surface area contributed by atoms with Crippen LogP contribution < -0.4 is 4.74 Å². The Morgan fingerprint density at radius 1 is 1.19 bits per heavy atom. The van der Waals surface area contributed by atoms with Gasteiger partial charge in [0.1, 0.15) is 5.75 Å². The van der Waals surface area contributed by atoms with Gasteiger partial charge < -0.3 is 18.9 Å². The second-order valence-electron chi connectivity index (χ2n) is 3.91. The van der Waals surface area contributed by atoms with Gasteiger partial charge in [0, 0.05) is 26.9 Å². The Balaban J connectivity index is 3.56. The first-order chi connectivity index (χ1) is 9.90. The summed E-state index contributed by atoms with van der Waals surface area (Å²) in [6, 6.07) is 1.80. The SMILES string of the molecule is COCOc1c(C(F)(F)F)ccc(C=O)c1C(OC)OC. The Morgan fingerprint density at radius 2 is 1.81 bits per heavy atom. The van der Waals surface area contributed by atoms with Crippen molar-refractivity contribution in [2.75, 3.05) is 28.1 Å². The van der Waals surface area contributed by atoms with Crippen LogP contribution in [0.2, 0.25) is 0 Å². The third-order valence-electron chi connectivity index (χ3n) is 2.65. The van der Waals surface area contributed by atoms with E-state index in [2.05, 4.69) is 4.74 Å². The molecule has 5 nitrogen and oxygen atoms in total. The van der Waals surface area contributed by atoms with Gasteiger partial charge in [-0.3, -0.25) is 4.79 Å². The van der Waals surface area contributed by atoms with E-state index in [1.165, 1.54) is 21.3 Å². The predicted octanol–water partition coefficient (Wildman–Crippen LogP) is 2.79. The standard InChI is InChI=1S/C13H15F3O5/c1-18-7-21-11-9(13(14,15)16)5-4-8(6-17)10(11)12(19-2)20-3/h4-6,12H,7H2,1-3H3. The van der Waals surface area contributed by atoms with Gasteiger partial charge in [-0.15, -0.1) is 0 Å². The van der Waals surface area contributed by atoms with E-state index in [-0.39, 0.29) is 11.1 Å². The minimum absolute atomic E-state index is 0.0252. The maximum absolute atomic E-state index is 13.1. The number of carbonyl (C=O) groups is 1. The van der Waals surface area contributed by atoms with Gasteiger partial charge in [-0.25, -0.2) is 0 Å². The number of aldehydes is 1. The molecule has 0 saturated carbocycles. The van der Waals surface area contributed by atoms with Crippen LogP contribution in [0.1, 0.15) is 27.8 Å². The number of rotatable bonds is 7. The second kappa shape index (κ2) is 7.39. The Bertz CT molecular complexity index is 483. The zero-order valence-electron chi connectivity index (χ0n) is 11.7. The van der Waals surface area contributed by atoms with Crippen molar-refractivity contribution in [1.82, 2.24) is 0 Å². The highest BCUT2D eigenvalue weighted by atomic mass is 19.4. The molecule has 118 valence electrons. The Morgan fingerprint density at radius 3 is 2.24 bits per heavy atom. The lowest BCUT2D eigenvalue weighted by atomic mass is 10.0. The van der Waals surface area contributed by atoms with E-state index in [0.29, 0.717) is 6.29 Å². The van der Waals surface area contributed by atoms with Gasteiger partial charge in [0.2, 0.25) is 0 Å². The van der Waals surface area contributed by atoms with Gasteiger partial charge in [0.15, 0.2) is 19.4 Å². The average Bonchev–Trinajstić information content (AvgIpc) is 2.45. The molecule has 0 aliphatic heterocycles. The van der Waals surface area contributed by atoms with Crippen LogP contribution in [0.5, 0.6) is 5.75 Å². The molecule has 0 saturated heterocycles. The fraction of sp³-hybridized carbons (Fsp3) is 0.462. The summed E-state index contributed by atoms with van der Waals surface area (Å²) in [6.07, 6.45) is -5.44. The molecule has 0 N–H and O–H groups in total. The summed E-state index contributed by atoms with van der Waals surface area (Å²) >= 11 is 0. The number of methoxy groups -OCH3 is 3. The summed E-state index contributed by atoms with van der Waals surface area (Å²) in [5, 5.41) is 0. The highest BCUT2D eigenvalue weighted by Gasteiger charge is 2.37. The predicted molar refractivity (Wildman–Crippen MR) is 66.1 cm³/mol. The average molecular weight is 308 g/mol. The normalized spacial score (nSPS) is 11.8. The first-order valence-corrected chi connectivity index (χ1v) is 5.77. The van der Waals surface area contributed by atoms with Crippen molar-refractivity contribution in [3.05, 3.63) is 28.8 Å². The third kappa shape index (κ3) is 3.93. The van der Waals surface area contributed by atoms with Gasteiger partial charge >= 0.3 is 6.18 Å². The molecular weight excluding hydrogens is 293 g/mol. The quantitative estimate of drug-likeness (QED) is 0.573. The topological polar surface area (TPSA) is 54.0 Å². The number of ether oxygens (including phenoxy) is 4. The molecular formula is C13H15F3O5. The molecule has 21 heavy (non-hydrogen) atoms. The molecule has 1 aromatic carbocycles. The summed E-state index contributed by atoms with van der Waals surface area (Å²) in [7, 11) is 3.74. The number of alkyl halides is 3. The highest BCUT2D eigenvalue weighted by molar-refractivity contribution is 5.79. The largest absolute Gasteiger partial charge is 0.466 e. The first-order valence-electron chi connectivity index (χ1n) is 5.77. The smallest absolute Gasteiger partial charge is 0.419 e. The highest BCUT2D eigenvalue weighted by Crippen LogP contribution is 2.42. The molecule has 0 radical (unpaired) electrons. The molecule has 0 amide bonds. The molecule has 0 aromatic heterocycles. The fourth-order valence-corrected chi connectivity index (χ4v) is 1.79. The van der Waals surface area contributed by atoms with Gasteiger partial charge in [-0.05, 0) is 6.07 Å². The van der Waals surface area contributed by atoms with E-state index in [9.17, 15) is 18.0 Å². The Kier molecular flexibility index (Phi) is 6.13. The van der Waals surface area contributed by atoms with Crippen LogP contribution in [0.4, 0.5) is 13.2 Å². The van der Waals surface area contributed by atoms with Gasteiger partial charge in [-0.1, -0.05) is 6.07 Å². The van der Waals surface area contributed by atoms with E-state index in [4.69, 9.17) is 14.2 Å².